The number of benzene rings is 2. The lowest BCUT2D eigenvalue weighted by Crippen LogP contribution is -2.23. The zero-order valence-corrected chi connectivity index (χ0v) is 13.7. The Morgan fingerprint density at radius 3 is 2.48 bits per heavy atom. The number of hydrogen-bond donors (Lipinski definition) is 1. The number of nitro benzene ring substituents is 1. The quantitative estimate of drug-likeness (QED) is 0.491. The molecule has 1 amide bonds. The molecule has 0 saturated heterocycles. The average Bonchev–Trinajstić information content (AvgIpc) is 2.64. The molecule has 2 rings (SSSR count). The third-order valence-corrected chi connectivity index (χ3v) is 3.28. The monoisotopic (exact) mass is 378 g/mol. The Morgan fingerprint density at radius 1 is 1.15 bits per heavy atom. The standard InChI is InChI=1S/C18H13F3N2O4/c19-18(20,21)14-4-3-5-16(12-14)27-11-2-1-10-22-17(24)13-6-8-15(9-7-13)23(25)26/h3-9,12H,10-11H2,(H,22,24). The van der Waals surface area contributed by atoms with E-state index in [1.54, 1.807) is 0 Å². The van der Waals surface area contributed by atoms with Gasteiger partial charge < -0.3 is 10.1 Å². The van der Waals surface area contributed by atoms with Crippen molar-refractivity contribution in [1.29, 1.82) is 0 Å². The molecular weight excluding hydrogens is 365 g/mol. The Bertz CT molecular complexity index is 884. The van der Waals surface area contributed by atoms with Crippen molar-refractivity contribution < 1.29 is 27.6 Å². The lowest BCUT2D eigenvalue weighted by atomic mass is 10.2. The molecule has 27 heavy (non-hydrogen) atoms. The van der Waals surface area contributed by atoms with Crippen molar-refractivity contribution in [2.75, 3.05) is 13.2 Å². The number of carbonyl (C=O) groups excluding carboxylic acids is 1. The summed E-state index contributed by atoms with van der Waals surface area (Å²) in [6.45, 7) is -0.156. The molecule has 0 spiro atoms. The van der Waals surface area contributed by atoms with Crippen molar-refractivity contribution in [3.63, 3.8) is 0 Å². The Morgan fingerprint density at radius 2 is 1.85 bits per heavy atom. The van der Waals surface area contributed by atoms with Gasteiger partial charge >= 0.3 is 6.18 Å². The minimum absolute atomic E-state index is 0.0121. The van der Waals surface area contributed by atoms with Crippen molar-refractivity contribution in [2.24, 2.45) is 0 Å². The fourth-order valence-corrected chi connectivity index (χ4v) is 1.96. The molecule has 0 radical (unpaired) electrons. The molecule has 1 N–H and O–H groups in total. The molecule has 6 nitrogen and oxygen atoms in total. The van der Waals surface area contributed by atoms with Gasteiger partial charge in [0.2, 0.25) is 0 Å². The molecule has 0 aliphatic rings. The highest BCUT2D eigenvalue weighted by atomic mass is 19.4. The minimum atomic E-state index is -4.45. The molecule has 0 atom stereocenters. The molecule has 0 aliphatic carbocycles. The van der Waals surface area contributed by atoms with Gasteiger partial charge in [-0.25, -0.2) is 0 Å². The molecule has 0 aromatic heterocycles. The van der Waals surface area contributed by atoms with Crippen molar-refractivity contribution in [3.8, 4) is 17.6 Å². The number of nitrogens with one attached hydrogen (secondary N) is 1. The van der Waals surface area contributed by atoms with Gasteiger partial charge in [0.15, 0.2) is 0 Å². The van der Waals surface area contributed by atoms with E-state index in [1.807, 2.05) is 0 Å². The van der Waals surface area contributed by atoms with Crippen molar-refractivity contribution >= 4 is 11.6 Å². The van der Waals surface area contributed by atoms with Gasteiger partial charge in [-0.1, -0.05) is 17.9 Å². The third-order valence-electron chi connectivity index (χ3n) is 3.28. The van der Waals surface area contributed by atoms with E-state index < -0.39 is 22.6 Å². The van der Waals surface area contributed by atoms with E-state index in [9.17, 15) is 28.1 Å². The van der Waals surface area contributed by atoms with Crippen LogP contribution in [0.15, 0.2) is 48.5 Å². The second kappa shape index (κ2) is 8.71. The topological polar surface area (TPSA) is 81.5 Å². The number of nitro groups is 1. The molecule has 0 aliphatic heterocycles. The van der Waals surface area contributed by atoms with E-state index >= 15 is 0 Å². The fourth-order valence-electron chi connectivity index (χ4n) is 1.96. The molecule has 0 bridgehead atoms. The van der Waals surface area contributed by atoms with Crippen LogP contribution in [0.1, 0.15) is 15.9 Å². The molecule has 0 fully saturated rings. The maximum Gasteiger partial charge on any atom is 0.416 e. The van der Waals surface area contributed by atoms with Crippen LogP contribution in [0.4, 0.5) is 18.9 Å². The van der Waals surface area contributed by atoms with Gasteiger partial charge in [-0.3, -0.25) is 14.9 Å². The smallest absolute Gasteiger partial charge is 0.416 e. The SMILES string of the molecule is O=C(NCC#CCOc1cccc(C(F)(F)F)c1)c1ccc([N+](=O)[O-])cc1. The fraction of sp³-hybridized carbons (Fsp3) is 0.167. The van der Waals surface area contributed by atoms with Gasteiger partial charge in [0.05, 0.1) is 17.0 Å². The normalized spacial score (nSPS) is 10.5. The largest absolute Gasteiger partial charge is 0.481 e. The van der Waals surface area contributed by atoms with Gasteiger partial charge in [0, 0.05) is 17.7 Å². The molecule has 9 heteroatoms. The summed E-state index contributed by atoms with van der Waals surface area (Å²) in [6.07, 6.45) is -4.45. The maximum absolute atomic E-state index is 12.6. The van der Waals surface area contributed by atoms with E-state index in [2.05, 4.69) is 17.2 Å². The number of amides is 1. The second-order valence-electron chi connectivity index (χ2n) is 5.15. The van der Waals surface area contributed by atoms with Gasteiger partial charge in [-0.05, 0) is 30.3 Å². The van der Waals surface area contributed by atoms with Gasteiger partial charge in [0.1, 0.15) is 12.4 Å². The number of nitrogens with zero attached hydrogens (tertiary/aromatic N) is 1. The number of ether oxygens (including phenoxy) is 1. The molecular formula is C18H13F3N2O4. The molecule has 140 valence electrons. The minimum Gasteiger partial charge on any atom is -0.481 e. The first-order valence-electron chi connectivity index (χ1n) is 7.56. The summed E-state index contributed by atoms with van der Waals surface area (Å²) in [5.74, 6) is 4.73. The van der Waals surface area contributed by atoms with Crippen LogP contribution in [0.5, 0.6) is 5.75 Å². The Balaban J connectivity index is 1.79. The third kappa shape index (κ3) is 6.04. The van der Waals surface area contributed by atoms with E-state index in [4.69, 9.17) is 4.74 Å². The number of non-ortho nitro benzene ring substituents is 1. The summed E-state index contributed by atoms with van der Waals surface area (Å²) >= 11 is 0. The van der Waals surface area contributed by atoms with Crippen LogP contribution in [0.2, 0.25) is 0 Å². The first-order chi connectivity index (χ1) is 12.8. The number of hydrogen-bond acceptors (Lipinski definition) is 4. The second-order valence-corrected chi connectivity index (χ2v) is 5.15. The average molecular weight is 378 g/mol. The Labute approximate surface area is 152 Å². The molecule has 0 saturated carbocycles. The van der Waals surface area contributed by atoms with Gasteiger partial charge in [-0.2, -0.15) is 13.2 Å². The first-order valence-corrected chi connectivity index (χ1v) is 7.56. The Kier molecular flexibility index (Phi) is 6.38. The van der Waals surface area contributed by atoms with Crippen molar-refractivity contribution in [1.82, 2.24) is 5.32 Å². The molecule has 0 heterocycles. The van der Waals surface area contributed by atoms with Crippen LogP contribution >= 0.6 is 0 Å². The van der Waals surface area contributed by atoms with Gasteiger partial charge in [0.25, 0.3) is 11.6 Å². The number of carbonyl (C=O) groups is 1. The van der Waals surface area contributed by atoms with Crippen molar-refractivity contribution in [3.05, 3.63) is 69.8 Å². The first kappa shape index (κ1) is 19.8. The summed E-state index contributed by atoms with van der Waals surface area (Å²) < 4.78 is 42.8. The summed E-state index contributed by atoms with van der Waals surface area (Å²) in [6, 6.07) is 9.48. The van der Waals surface area contributed by atoms with Crippen LogP contribution in [0.3, 0.4) is 0 Å². The number of rotatable bonds is 5. The summed E-state index contributed by atoms with van der Waals surface area (Å²) in [5.41, 5.74) is -0.705. The molecule has 2 aromatic carbocycles. The van der Waals surface area contributed by atoms with Crippen LogP contribution in [-0.4, -0.2) is 24.0 Å². The number of alkyl halides is 3. The zero-order valence-electron chi connectivity index (χ0n) is 13.7. The Hall–Kier alpha value is -3.54. The lowest BCUT2D eigenvalue weighted by molar-refractivity contribution is -0.384. The zero-order chi connectivity index (χ0) is 19.9. The van der Waals surface area contributed by atoms with Gasteiger partial charge in [-0.15, -0.1) is 0 Å². The predicted molar refractivity (Wildman–Crippen MR) is 90.1 cm³/mol. The highest BCUT2D eigenvalue weighted by Crippen LogP contribution is 2.31. The van der Waals surface area contributed by atoms with Crippen LogP contribution < -0.4 is 10.1 Å². The van der Waals surface area contributed by atoms with Crippen LogP contribution in [0, 0.1) is 22.0 Å². The lowest BCUT2D eigenvalue weighted by Gasteiger charge is -2.08. The summed E-state index contributed by atoms with van der Waals surface area (Å²) in [5, 5.41) is 13.0. The van der Waals surface area contributed by atoms with E-state index in [0.717, 1.165) is 12.1 Å². The van der Waals surface area contributed by atoms with Crippen LogP contribution in [0.25, 0.3) is 0 Å². The van der Waals surface area contributed by atoms with E-state index in [1.165, 1.54) is 36.4 Å². The van der Waals surface area contributed by atoms with E-state index in [-0.39, 0.29) is 30.2 Å². The summed E-state index contributed by atoms with van der Waals surface area (Å²) in [4.78, 5) is 21.8. The van der Waals surface area contributed by atoms with Crippen LogP contribution in [-0.2, 0) is 6.18 Å². The predicted octanol–water partition coefficient (Wildman–Crippen LogP) is 3.43. The molecule has 0 unspecified atom stereocenters. The maximum atomic E-state index is 12.6. The number of halogens is 3. The highest BCUT2D eigenvalue weighted by Gasteiger charge is 2.30. The highest BCUT2D eigenvalue weighted by molar-refractivity contribution is 5.94. The van der Waals surface area contributed by atoms with E-state index in [0.29, 0.717) is 0 Å². The summed E-state index contributed by atoms with van der Waals surface area (Å²) in [7, 11) is 0. The van der Waals surface area contributed by atoms with Crippen molar-refractivity contribution in [2.45, 2.75) is 6.18 Å². The molecule has 2 aromatic rings.